The number of esters is 1. The lowest BCUT2D eigenvalue weighted by Gasteiger charge is -2.13. The van der Waals surface area contributed by atoms with E-state index in [2.05, 4.69) is 39.6 Å². The molecule has 1 aromatic heterocycles. The minimum absolute atomic E-state index is 0.325. The number of anilines is 1. The van der Waals surface area contributed by atoms with Crippen LogP contribution in [0.4, 0.5) is 5.82 Å². The van der Waals surface area contributed by atoms with Crippen LogP contribution < -0.4 is 5.32 Å². The van der Waals surface area contributed by atoms with E-state index in [9.17, 15) is 4.79 Å². The van der Waals surface area contributed by atoms with E-state index in [1.165, 1.54) is 17.5 Å². The van der Waals surface area contributed by atoms with Gasteiger partial charge in [0.15, 0.2) is 0 Å². The van der Waals surface area contributed by atoms with E-state index in [1.54, 1.807) is 6.92 Å². The Labute approximate surface area is 161 Å². The van der Waals surface area contributed by atoms with Crippen molar-refractivity contribution in [2.75, 3.05) is 31.7 Å². The predicted octanol–water partition coefficient (Wildman–Crippen LogP) is 3.45. The molecule has 1 N–H and O–H groups in total. The van der Waals surface area contributed by atoms with Gasteiger partial charge in [0.05, 0.1) is 18.9 Å². The maximum Gasteiger partial charge on any atom is 0.343 e. The number of aryl methyl sites for hydroxylation is 1. The molecule has 6 nitrogen and oxygen atoms in total. The van der Waals surface area contributed by atoms with Crippen LogP contribution in [0.25, 0.3) is 0 Å². The molecule has 1 aromatic carbocycles. The van der Waals surface area contributed by atoms with Crippen molar-refractivity contribution >= 4 is 11.8 Å². The summed E-state index contributed by atoms with van der Waals surface area (Å²) in [6.07, 6.45) is 3.89. The fourth-order valence-electron chi connectivity index (χ4n) is 2.77. The van der Waals surface area contributed by atoms with Gasteiger partial charge in [-0.05, 0) is 44.2 Å². The van der Waals surface area contributed by atoms with Gasteiger partial charge in [0, 0.05) is 13.2 Å². The summed E-state index contributed by atoms with van der Waals surface area (Å²) in [4.78, 5) is 20.7. The summed E-state index contributed by atoms with van der Waals surface area (Å²) in [7, 11) is 0. The summed E-state index contributed by atoms with van der Waals surface area (Å²) >= 11 is 0. The first-order valence-electron chi connectivity index (χ1n) is 9.59. The molecule has 0 atom stereocenters. The Balaban J connectivity index is 1.95. The number of carbonyl (C=O) groups excluding carboxylic acids is 1. The summed E-state index contributed by atoms with van der Waals surface area (Å²) in [5, 5.41) is 3.26. The third-order valence-corrected chi connectivity index (χ3v) is 4.21. The average molecular weight is 371 g/mol. The van der Waals surface area contributed by atoms with Gasteiger partial charge < -0.3 is 14.8 Å². The largest absolute Gasteiger partial charge is 0.462 e. The number of carbonyl (C=O) groups is 1. The number of benzene rings is 1. The minimum atomic E-state index is -0.379. The molecule has 0 aliphatic rings. The van der Waals surface area contributed by atoms with Gasteiger partial charge in [0.1, 0.15) is 17.7 Å². The smallest absolute Gasteiger partial charge is 0.343 e. The van der Waals surface area contributed by atoms with Gasteiger partial charge in [-0.2, -0.15) is 0 Å². The zero-order valence-electron chi connectivity index (χ0n) is 16.5. The fraction of sp³-hybridized carbons (Fsp3) is 0.476. The van der Waals surface area contributed by atoms with E-state index in [1.807, 2.05) is 13.8 Å². The monoisotopic (exact) mass is 371 g/mol. The zero-order chi connectivity index (χ0) is 19.5. The van der Waals surface area contributed by atoms with Gasteiger partial charge in [0.2, 0.25) is 0 Å². The van der Waals surface area contributed by atoms with Gasteiger partial charge in [-0.25, -0.2) is 14.8 Å². The van der Waals surface area contributed by atoms with Crippen molar-refractivity contribution in [3.05, 3.63) is 53.0 Å². The maximum absolute atomic E-state index is 12.3. The molecule has 0 saturated carbocycles. The maximum atomic E-state index is 12.3. The molecule has 27 heavy (non-hydrogen) atoms. The summed E-state index contributed by atoms with van der Waals surface area (Å²) in [6.45, 7) is 8.25. The van der Waals surface area contributed by atoms with Crippen LogP contribution in [0.5, 0.6) is 0 Å². The van der Waals surface area contributed by atoms with Crippen molar-refractivity contribution in [3.63, 3.8) is 0 Å². The zero-order valence-corrected chi connectivity index (χ0v) is 16.5. The quantitative estimate of drug-likeness (QED) is 0.482. The molecule has 0 aliphatic carbocycles. The molecule has 0 unspecified atom stereocenters. The second-order valence-electron chi connectivity index (χ2n) is 6.06. The molecule has 0 bridgehead atoms. The van der Waals surface area contributed by atoms with E-state index in [4.69, 9.17) is 9.47 Å². The lowest BCUT2D eigenvalue weighted by molar-refractivity contribution is 0.0525. The van der Waals surface area contributed by atoms with Crippen molar-refractivity contribution in [2.24, 2.45) is 0 Å². The lowest BCUT2D eigenvalue weighted by atomic mass is 10.1. The molecule has 6 heteroatoms. The van der Waals surface area contributed by atoms with Crippen molar-refractivity contribution in [2.45, 2.75) is 40.0 Å². The molecular formula is C21H29N3O3. The Bertz CT molecular complexity index is 717. The standard InChI is InChI=1S/C21H29N3O3/c1-4-18-19(21(25)27-6-3)20(24-15-23-18)22-13-11-16-7-9-17(10-8-16)12-14-26-5-2/h7-10,15H,4-6,11-14H2,1-3H3,(H,22,23,24). The van der Waals surface area contributed by atoms with E-state index in [-0.39, 0.29) is 5.97 Å². The van der Waals surface area contributed by atoms with E-state index in [0.717, 1.165) is 26.1 Å². The van der Waals surface area contributed by atoms with E-state index >= 15 is 0 Å². The normalized spacial score (nSPS) is 10.6. The third kappa shape index (κ3) is 6.32. The van der Waals surface area contributed by atoms with Crippen molar-refractivity contribution < 1.29 is 14.3 Å². The topological polar surface area (TPSA) is 73.3 Å². The summed E-state index contributed by atoms with van der Waals surface area (Å²) in [6, 6.07) is 8.54. The summed E-state index contributed by atoms with van der Waals surface area (Å²) < 4.78 is 10.5. The SMILES string of the molecule is CCOCCc1ccc(CCNc2ncnc(CC)c2C(=O)OCC)cc1. The van der Waals surface area contributed by atoms with Gasteiger partial charge in [-0.1, -0.05) is 31.2 Å². The van der Waals surface area contributed by atoms with Crippen LogP contribution in [0.2, 0.25) is 0 Å². The highest BCUT2D eigenvalue weighted by Crippen LogP contribution is 2.17. The van der Waals surface area contributed by atoms with Crippen LogP contribution in [0.1, 0.15) is 48.0 Å². The Morgan fingerprint density at radius 3 is 2.33 bits per heavy atom. The molecule has 146 valence electrons. The van der Waals surface area contributed by atoms with Crippen molar-refractivity contribution in [1.29, 1.82) is 0 Å². The number of nitrogens with one attached hydrogen (secondary N) is 1. The van der Waals surface area contributed by atoms with Crippen LogP contribution >= 0.6 is 0 Å². The molecule has 1 heterocycles. The van der Waals surface area contributed by atoms with E-state index < -0.39 is 0 Å². The Kier molecular flexibility index (Phi) is 8.71. The van der Waals surface area contributed by atoms with Crippen LogP contribution in [-0.4, -0.2) is 42.3 Å². The van der Waals surface area contributed by atoms with Crippen LogP contribution in [0.15, 0.2) is 30.6 Å². The first-order chi connectivity index (χ1) is 13.2. The highest BCUT2D eigenvalue weighted by atomic mass is 16.5. The molecule has 2 rings (SSSR count). The number of hydrogen-bond acceptors (Lipinski definition) is 6. The van der Waals surface area contributed by atoms with Crippen LogP contribution in [0, 0.1) is 0 Å². The van der Waals surface area contributed by atoms with Crippen LogP contribution in [-0.2, 0) is 28.7 Å². The number of nitrogens with zero attached hydrogens (tertiary/aromatic N) is 2. The molecule has 0 amide bonds. The summed E-state index contributed by atoms with van der Waals surface area (Å²) in [5.41, 5.74) is 3.64. The number of ether oxygens (including phenoxy) is 2. The van der Waals surface area contributed by atoms with Crippen molar-refractivity contribution in [1.82, 2.24) is 9.97 Å². The second-order valence-corrected chi connectivity index (χ2v) is 6.06. The first-order valence-corrected chi connectivity index (χ1v) is 9.59. The van der Waals surface area contributed by atoms with Gasteiger partial charge in [-0.15, -0.1) is 0 Å². The lowest BCUT2D eigenvalue weighted by Crippen LogP contribution is -2.16. The second kappa shape index (κ2) is 11.3. The van der Waals surface area contributed by atoms with Crippen LogP contribution in [0.3, 0.4) is 0 Å². The minimum Gasteiger partial charge on any atom is -0.462 e. The molecule has 0 spiro atoms. The molecule has 0 aliphatic heterocycles. The first kappa shape index (κ1) is 20.8. The molecule has 2 aromatic rings. The van der Waals surface area contributed by atoms with Gasteiger partial charge in [0.25, 0.3) is 0 Å². The highest BCUT2D eigenvalue weighted by molar-refractivity contribution is 5.95. The fourth-order valence-corrected chi connectivity index (χ4v) is 2.77. The summed E-state index contributed by atoms with van der Waals surface area (Å²) in [5.74, 6) is 0.157. The van der Waals surface area contributed by atoms with Gasteiger partial charge in [-0.3, -0.25) is 0 Å². The molecular weight excluding hydrogens is 342 g/mol. The Morgan fingerprint density at radius 2 is 1.70 bits per heavy atom. The average Bonchev–Trinajstić information content (AvgIpc) is 2.69. The van der Waals surface area contributed by atoms with Gasteiger partial charge >= 0.3 is 5.97 Å². The highest BCUT2D eigenvalue weighted by Gasteiger charge is 2.19. The number of hydrogen-bond donors (Lipinski definition) is 1. The number of aromatic nitrogens is 2. The third-order valence-electron chi connectivity index (χ3n) is 4.21. The Hall–Kier alpha value is -2.47. The molecule has 0 fully saturated rings. The molecule has 0 radical (unpaired) electrons. The predicted molar refractivity (Wildman–Crippen MR) is 106 cm³/mol. The number of rotatable bonds is 11. The van der Waals surface area contributed by atoms with Crippen molar-refractivity contribution in [3.8, 4) is 0 Å². The molecule has 0 saturated heterocycles. The van der Waals surface area contributed by atoms with E-state index in [0.29, 0.717) is 36.6 Å². The Morgan fingerprint density at radius 1 is 1.00 bits per heavy atom.